The predicted octanol–water partition coefficient (Wildman–Crippen LogP) is 2.13. The second-order valence-electron chi connectivity index (χ2n) is 4.07. The third-order valence-corrected chi connectivity index (χ3v) is 3.03. The number of nitrogens with zero attached hydrogens (tertiary/aromatic N) is 1. The highest BCUT2D eigenvalue weighted by Gasteiger charge is 2.15. The molecule has 2 rings (SSSR count). The van der Waals surface area contributed by atoms with Crippen molar-refractivity contribution in [3.8, 4) is 0 Å². The first kappa shape index (κ1) is 9.69. The van der Waals surface area contributed by atoms with E-state index in [1.165, 1.54) is 24.8 Å². The van der Waals surface area contributed by atoms with Crippen molar-refractivity contribution in [2.75, 3.05) is 13.1 Å². The number of hydrogen-bond donors (Lipinski definition) is 1. The molecule has 76 valence electrons. The van der Waals surface area contributed by atoms with Crippen LogP contribution >= 0.6 is 0 Å². The molecule has 2 N–H and O–H groups in total. The van der Waals surface area contributed by atoms with Gasteiger partial charge in [0.05, 0.1) is 0 Å². The summed E-state index contributed by atoms with van der Waals surface area (Å²) in [6.07, 6.45) is 3.69. The van der Waals surface area contributed by atoms with E-state index < -0.39 is 0 Å². The summed E-state index contributed by atoms with van der Waals surface area (Å²) in [7, 11) is 0. The number of hydrazine groups is 1. The maximum absolute atomic E-state index is 5.81. The molecule has 0 saturated carbocycles. The van der Waals surface area contributed by atoms with Gasteiger partial charge in [-0.2, -0.15) is 0 Å². The van der Waals surface area contributed by atoms with E-state index in [0.717, 1.165) is 13.1 Å². The highest BCUT2D eigenvalue weighted by Crippen LogP contribution is 2.26. The molecule has 1 atom stereocenters. The summed E-state index contributed by atoms with van der Waals surface area (Å²) in [5, 5.41) is 1.95. The van der Waals surface area contributed by atoms with Crippen molar-refractivity contribution in [3.63, 3.8) is 0 Å². The normalized spacial score (nSPS) is 24.5. The lowest BCUT2D eigenvalue weighted by atomic mass is 9.92. The number of benzene rings is 1. The lowest BCUT2D eigenvalue weighted by Crippen LogP contribution is -2.31. The number of hydrogen-bond acceptors (Lipinski definition) is 2. The standard InChI is InChI=1S/C12H18N2/c13-14-9-4-7-12(8-10-14)11-5-2-1-3-6-11/h1-3,5-6,12H,4,7-10,13H2. The molecule has 0 aliphatic carbocycles. The first-order valence-electron chi connectivity index (χ1n) is 5.41. The molecular weight excluding hydrogens is 172 g/mol. The Balaban J connectivity index is 2.04. The van der Waals surface area contributed by atoms with Gasteiger partial charge in [0.2, 0.25) is 0 Å². The van der Waals surface area contributed by atoms with Crippen LogP contribution in [-0.2, 0) is 0 Å². The minimum atomic E-state index is 0.713. The van der Waals surface area contributed by atoms with E-state index in [1.807, 2.05) is 5.01 Å². The maximum Gasteiger partial charge on any atom is 0.0134 e. The molecule has 0 amide bonds. The fourth-order valence-corrected chi connectivity index (χ4v) is 2.18. The summed E-state index contributed by atoms with van der Waals surface area (Å²) in [6, 6.07) is 10.8. The first-order chi connectivity index (χ1) is 6.86. The molecule has 2 heteroatoms. The van der Waals surface area contributed by atoms with Crippen molar-refractivity contribution in [1.82, 2.24) is 5.01 Å². The van der Waals surface area contributed by atoms with Crippen LogP contribution in [0.2, 0.25) is 0 Å². The van der Waals surface area contributed by atoms with Gasteiger partial charge in [-0.3, -0.25) is 5.84 Å². The minimum absolute atomic E-state index is 0.713. The van der Waals surface area contributed by atoms with E-state index in [0.29, 0.717) is 5.92 Å². The van der Waals surface area contributed by atoms with Gasteiger partial charge in [-0.15, -0.1) is 0 Å². The van der Waals surface area contributed by atoms with E-state index in [4.69, 9.17) is 5.84 Å². The molecule has 0 aromatic heterocycles. The summed E-state index contributed by atoms with van der Waals surface area (Å²) >= 11 is 0. The largest absolute Gasteiger partial charge is 0.269 e. The quantitative estimate of drug-likeness (QED) is 0.687. The van der Waals surface area contributed by atoms with Crippen LogP contribution in [0, 0.1) is 0 Å². The summed E-state index contributed by atoms with van der Waals surface area (Å²) in [5.41, 5.74) is 1.47. The topological polar surface area (TPSA) is 29.3 Å². The smallest absolute Gasteiger partial charge is 0.0134 e. The van der Waals surface area contributed by atoms with Crippen LogP contribution in [-0.4, -0.2) is 18.1 Å². The SMILES string of the molecule is NN1CCCC(c2ccccc2)CC1. The van der Waals surface area contributed by atoms with Gasteiger partial charge in [-0.05, 0) is 30.7 Å². The number of rotatable bonds is 1. The third kappa shape index (κ3) is 2.34. The van der Waals surface area contributed by atoms with Crippen LogP contribution in [0.1, 0.15) is 30.7 Å². The molecule has 1 saturated heterocycles. The Labute approximate surface area is 85.7 Å². The molecule has 2 nitrogen and oxygen atoms in total. The molecule has 1 heterocycles. The van der Waals surface area contributed by atoms with Crippen molar-refractivity contribution in [2.45, 2.75) is 25.2 Å². The van der Waals surface area contributed by atoms with Gasteiger partial charge in [-0.1, -0.05) is 30.3 Å². The molecule has 1 aromatic rings. The van der Waals surface area contributed by atoms with Gasteiger partial charge in [0.1, 0.15) is 0 Å². The zero-order valence-corrected chi connectivity index (χ0v) is 8.52. The van der Waals surface area contributed by atoms with Crippen molar-refractivity contribution in [3.05, 3.63) is 35.9 Å². The molecule has 1 aliphatic heterocycles. The van der Waals surface area contributed by atoms with Crippen LogP contribution in [0.3, 0.4) is 0 Å². The lowest BCUT2D eigenvalue weighted by Gasteiger charge is -2.14. The fourth-order valence-electron chi connectivity index (χ4n) is 2.18. The monoisotopic (exact) mass is 190 g/mol. The third-order valence-electron chi connectivity index (χ3n) is 3.03. The Bertz CT molecular complexity index is 271. The molecule has 1 fully saturated rings. The van der Waals surface area contributed by atoms with E-state index in [9.17, 15) is 0 Å². The fraction of sp³-hybridized carbons (Fsp3) is 0.500. The predicted molar refractivity (Wildman–Crippen MR) is 58.8 cm³/mol. The van der Waals surface area contributed by atoms with Crippen molar-refractivity contribution in [2.24, 2.45) is 5.84 Å². The Morgan fingerprint density at radius 3 is 2.64 bits per heavy atom. The molecule has 1 aliphatic rings. The average Bonchev–Trinajstić information content (AvgIpc) is 2.44. The van der Waals surface area contributed by atoms with Gasteiger partial charge in [0.15, 0.2) is 0 Å². The van der Waals surface area contributed by atoms with Gasteiger partial charge in [0.25, 0.3) is 0 Å². The minimum Gasteiger partial charge on any atom is -0.269 e. The average molecular weight is 190 g/mol. The van der Waals surface area contributed by atoms with Crippen molar-refractivity contribution in [1.29, 1.82) is 0 Å². The van der Waals surface area contributed by atoms with Crippen molar-refractivity contribution < 1.29 is 0 Å². The molecule has 0 radical (unpaired) electrons. The second kappa shape index (κ2) is 4.58. The summed E-state index contributed by atoms with van der Waals surface area (Å²) in [5.74, 6) is 6.52. The van der Waals surface area contributed by atoms with E-state index in [2.05, 4.69) is 30.3 Å². The van der Waals surface area contributed by atoms with E-state index in [1.54, 1.807) is 0 Å². The summed E-state index contributed by atoms with van der Waals surface area (Å²) in [6.45, 7) is 2.07. The second-order valence-corrected chi connectivity index (χ2v) is 4.07. The molecule has 0 spiro atoms. The van der Waals surface area contributed by atoms with Crippen LogP contribution in [0.5, 0.6) is 0 Å². The van der Waals surface area contributed by atoms with Gasteiger partial charge in [0, 0.05) is 13.1 Å². The van der Waals surface area contributed by atoms with Gasteiger partial charge in [-0.25, -0.2) is 5.01 Å². The highest BCUT2D eigenvalue weighted by molar-refractivity contribution is 5.19. The van der Waals surface area contributed by atoms with Crippen LogP contribution in [0.4, 0.5) is 0 Å². The Hall–Kier alpha value is -0.860. The summed E-state index contributed by atoms with van der Waals surface area (Å²) in [4.78, 5) is 0. The first-order valence-corrected chi connectivity index (χ1v) is 5.41. The van der Waals surface area contributed by atoms with Crippen molar-refractivity contribution >= 4 is 0 Å². The lowest BCUT2D eigenvalue weighted by molar-refractivity contribution is 0.294. The van der Waals surface area contributed by atoms with Crippen LogP contribution < -0.4 is 5.84 Å². The molecule has 0 bridgehead atoms. The van der Waals surface area contributed by atoms with Gasteiger partial charge < -0.3 is 0 Å². The molecular formula is C12H18N2. The van der Waals surface area contributed by atoms with E-state index in [-0.39, 0.29) is 0 Å². The van der Waals surface area contributed by atoms with Crippen LogP contribution in [0.15, 0.2) is 30.3 Å². The molecule has 14 heavy (non-hydrogen) atoms. The maximum atomic E-state index is 5.81. The molecule has 1 unspecified atom stereocenters. The Morgan fingerprint density at radius 1 is 1.07 bits per heavy atom. The number of nitrogens with two attached hydrogens (primary N) is 1. The zero-order valence-electron chi connectivity index (χ0n) is 8.52. The highest BCUT2D eigenvalue weighted by atomic mass is 15.4. The van der Waals surface area contributed by atoms with Gasteiger partial charge >= 0.3 is 0 Å². The Kier molecular flexibility index (Phi) is 3.17. The zero-order chi connectivity index (χ0) is 9.80. The Morgan fingerprint density at radius 2 is 1.86 bits per heavy atom. The van der Waals surface area contributed by atoms with E-state index >= 15 is 0 Å². The summed E-state index contributed by atoms with van der Waals surface area (Å²) < 4.78 is 0. The molecule has 1 aromatic carbocycles. The van der Waals surface area contributed by atoms with Crippen LogP contribution in [0.25, 0.3) is 0 Å².